The predicted octanol–water partition coefficient (Wildman–Crippen LogP) is 4.09. The van der Waals surface area contributed by atoms with Crippen LogP contribution in [0.3, 0.4) is 0 Å². The molecule has 0 atom stereocenters. The Morgan fingerprint density at radius 3 is 1.46 bits per heavy atom. The maximum atomic E-state index is 13.1. The number of aryl methyl sites for hydroxylation is 4. The van der Waals surface area contributed by atoms with Crippen LogP contribution in [0, 0.1) is 27.7 Å². The molecule has 4 heteroatoms. The van der Waals surface area contributed by atoms with Crippen LogP contribution in [0.2, 0.25) is 0 Å². The molecule has 2 rings (SSSR count). The molecular weight excluding hydrogens is 304 g/mol. The minimum absolute atomic E-state index is 0.0305. The summed E-state index contributed by atoms with van der Waals surface area (Å²) in [5.74, 6) is 0.782. The Bertz CT molecular complexity index is 772. The molecule has 0 aliphatic carbocycles. The lowest BCUT2D eigenvalue weighted by atomic mass is 9.90. The average molecular weight is 326 g/mol. The SMILES string of the molecule is COc1cc(C)c(C(=O)c2c(C)cc(OC(C)=O)cc2C)c(C)c1. The molecule has 0 N–H and O–H groups in total. The van der Waals surface area contributed by atoms with Gasteiger partial charge in [0.15, 0.2) is 5.78 Å². The van der Waals surface area contributed by atoms with E-state index in [-0.39, 0.29) is 11.8 Å². The maximum absolute atomic E-state index is 13.1. The van der Waals surface area contributed by atoms with Crippen molar-refractivity contribution >= 4 is 11.8 Å². The first-order valence-electron chi connectivity index (χ1n) is 7.74. The van der Waals surface area contributed by atoms with E-state index in [1.807, 2.05) is 39.8 Å². The highest BCUT2D eigenvalue weighted by Crippen LogP contribution is 2.28. The Kier molecular flexibility index (Phi) is 5.07. The molecule has 2 aromatic rings. The van der Waals surface area contributed by atoms with Crippen LogP contribution in [-0.4, -0.2) is 18.9 Å². The lowest BCUT2D eigenvalue weighted by Gasteiger charge is -2.15. The van der Waals surface area contributed by atoms with Gasteiger partial charge in [0.25, 0.3) is 0 Å². The van der Waals surface area contributed by atoms with E-state index < -0.39 is 0 Å². The number of carbonyl (C=O) groups is 2. The normalized spacial score (nSPS) is 10.4. The highest BCUT2D eigenvalue weighted by atomic mass is 16.5. The third kappa shape index (κ3) is 3.48. The predicted molar refractivity (Wildman–Crippen MR) is 93.1 cm³/mol. The van der Waals surface area contributed by atoms with Gasteiger partial charge in [-0.3, -0.25) is 9.59 Å². The summed E-state index contributed by atoms with van der Waals surface area (Å²) in [5.41, 5.74) is 4.64. The fourth-order valence-electron chi connectivity index (χ4n) is 3.03. The van der Waals surface area contributed by atoms with Crippen LogP contribution in [0.1, 0.15) is 45.1 Å². The summed E-state index contributed by atoms with van der Waals surface area (Å²) in [7, 11) is 1.61. The Labute approximate surface area is 142 Å². The third-order valence-corrected chi connectivity index (χ3v) is 3.96. The van der Waals surface area contributed by atoms with Gasteiger partial charge in [-0.05, 0) is 74.2 Å². The van der Waals surface area contributed by atoms with Crippen molar-refractivity contribution in [2.24, 2.45) is 0 Å². The van der Waals surface area contributed by atoms with Crippen molar-refractivity contribution in [2.75, 3.05) is 7.11 Å². The summed E-state index contributed by atoms with van der Waals surface area (Å²) in [6, 6.07) is 7.15. The number of hydrogen-bond acceptors (Lipinski definition) is 4. The lowest BCUT2D eigenvalue weighted by Crippen LogP contribution is -2.11. The fraction of sp³-hybridized carbons (Fsp3) is 0.300. The van der Waals surface area contributed by atoms with Crippen molar-refractivity contribution in [2.45, 2.75) is 34.6 Å². The molecule has 126 valence electrons. The van der Waals surface area contributed by atoms with Gasteiger partial charge in [0.2, 0.25) is 0 Å². The average Bonchev–Trinajstić information content (AvgIpc) is 2.44. The molecular formula is C20H22O4. The first kappa shape index (κ1) is 17.7. The number of rotatable bonds is 4. The molecule has 0 bridgehead atoms. The molecule has 24 heavy (non-hydrogen) atoms. The summed E-state index contributed by atoms with van der Waals surface area (Å²) >= 11 is 0. The number of hydrogen-bond donors (Lipinski definition) is 0. The molecule has 0 amide bonds. The van der Waals surface area contributed by atoms with Crippen LogP contribution in [0.5, 0.6) is 11.5 Å². The Hall–Kier alpha value is -2.62. The molecule has 0 aliphatic heterocycles. The van der Waals surface area contributed by atoms with Gasteiger partial charge in [-0.1, -0.05) is 0 Å². The molecule has 0 unspecified atom stereocenters. The van der Waals surface area contributed by atoms with Crippen LogP contribution in [-0.2, 0) is 4.79 Å². The van der Waals surface area contributed by atoms with Crippen molar-refractivity contribution in [3.63, 3.8) is 0 Å². The number of methoxy groups -OCH3 is 1. The standard InChI is InChI=1S/C20H22O4/c1-11-7-16(23-6)8-12(2)18(11)20(22)19-13(3)9-17(10-14(19)4)24-15(5)21/h7-10H,1-6H3. The highest BCUT2D eigenvalue weighted by Gasteiger charge is 2.20. The quantitative estimate of drug-likeness (QED) is 0.482. The molecule has 0 radical (unpaired) electrons. The van der Waals surface area contributed by atoms with Crippen molar-refractivity contribution in [1.29, 1.82) is 0 Å². The molecule has 0 aliphatic rings. The van der Waals surface area contributed by atoms with Gasteiger partial charge in [-0.25, -0.2) is 0 Å². The van der Waals surface area contributed by atoms with Crippen LogP contribution < -0.4 is 9.47 Å². The van der Waals surface area contributed by atoms with Crippen molar-refractivity contribution in [3.8, 4) is 11.5 Å². The summed E-state index contributed by atoms with van der Waals surface area (Å²) in [5, 5.41) is 0. The number of esters is 1. The van der Waals surface area contributed by atoms with E-state index in [2.05, 4.69) is 0 Å². The van der Waals surface area contributed by atoms with Crippen molar-refractivity contribution in [1.82, 2.24) is 0 Å². The van der Waals surface area contributed by atoms with Gasteiger partial charge < -0.3 is 9.47 Å². The summed E-state index contributed by atoms with van der Waals surface area (Å²) in [6.45, 7) is 8.86. The molecule has 2 aromatic carbocycles. The summed E-state index contributed by atoms with van der Waals surface area (Å²) < 4.78 is 10.4. The summed E-state index contributed by atoms with van der Waals surface area (Å²) in [4.78, 5) is 24.2. The fourth-order valence-corrected chi connectivity index (χ4v) is 3.03. The zero-order valence-electron chi connectivity index (χ0n) is 14.9. The second-order valence-corrected chi connectivity index (χ2v) is 5.99. The molecule has 0 aromatic heterocycles. The van der Waals surface area contributed by atoms with E-state index >= 15 is 0 Å². The van der Waals surface area contributed by atoms with Crippen LogP contribution in [0.15, 0.2) is 24.3 Å². The molecule has 4 nitrogen and oxygen atoms in total. The van der Waals surface area contributed by atoms with Crippen LogP contribution in [0.4, 0.5) is 0 Å². The second-order valence-electron chi connectivity index (χ2n) is 5.99. The maximum Gasteiger partial charge on any atom is 0.308 e. The number of benzene rings is 2. The smallest absolute Gasteiger partial charge is 0.308 e. The zero-order valence-corrected chi connectivity index (χ0v) is 14.9. The molecule has 0 heterocycles. The van der Waals surface area contributed by atoms with Gasteiger partial charge in [-0.15, -0.1) is 0 Å². The van der Waals surface area contributed by atoms with Gasteiger partial charge in [0.1, 0.15) is 11.5 Å². The van der Waals surface area contributed by atoms with E-state index in [9.17, 15) is 9.59 Å². The van der Waals surface area contributed by atoms with E-state index in [4.69, 9.17) is 9.47 Å². The van der Waals surface area contributed by atoms with E-state index in [1.54, 1.807) is 19.2 Å². The molecule has 0 fully saturated rings. The minimum Gasteiger partial charge on any atom is -0.497 e. The van der Waals surface area contributed by atoms with Crippen LogP contribution >= 0.6 is 0 Å². The van der Waals surface area contributed by atoms with Crippen molar-refractivity contribution in [3.05, 3.63) is 57.6 Å². The Balaban J connectivity index is 2.53. The van der Waals surface area contributed by atoms with Gasteiger partial charge in [0.05, 0.1) is 7.11 Å². The first-order chi connectivity index (χ1) is 11.2. The Morgan fingerprint density at radius 1 is 0.750 bits per heavy atom. The summed E-state index contributed by atoms with van der Waals surface area (Å²) in [6.07, 6.45) is 0. The topological polar surface area (TPSA) is 52.6 Å². The largest absolute Gasteiger partial charge is 0.497 e. The second kappa shape index (κ2) is 6.87. The zero-order chi connectivity index (χ0) is 18.0. The first-order valence-corrected chi connectivity index (χ1v) is 7.74. The highest BCUT2D eigenvalue weighted by molar-refractivity contribution is 6.12. The van der Waals surface area contributed by atoms with Crippen molar-refractivity contribution < 1.29 is 19.1 Å². The lowest BCUT2D eigenvalue weighted by molar-refractivity contribution is -0.131. The minimum atomic E-state index is -0.380. The number of carbonyl (C=O) groups excluding carboxylic acids is 2. The third-order valence-electron chi connectivity index (χ3n) is 3.96. The number of ether oxygens (including phenoxy) is 2. The van der Waals surface area contributed by atoms with E-state index in [0.29, 0.717) is 16.9 Å². The van der Waals surface area contributed by atoms with Crippen LogP contribution in [0.25, 0.3) is 0 Å². The molecule has 0 saturated carbocycles. The van der Waals surface area contributed by atoms with E-state index in [0.717, 1.165) is 28.0 Å². The number of ketones is 1. The Morgan fingerprint density at radius 2 is 1.12 bits per heavy atom. The molecule has 0 saturated heterocycles. The molecule has 0 spiro atoms. The van der Waals surface area contributed by atoms with E-state index in [1.165, 1.54) is 6.92 Å². The monoisotopic (exact) mass is 326 g/mol. The van der Waals surface area contributed by atoms with Gasteiger partial charge >= 0.3 is 5.97 Å². The van der Waals surface area contributed by atoms with Gasteiger partial charge in [-0.2, -0.15) is 0 Å². The van der Waals surface area contributed by atoms with Gasteiger partial charge in [0, 0.05) is 18.1 Å².